The molecule has 2 aromatic rings. The lowest BCUT2D eigenvalue weighted by Crippen LogP contribution is -2.67. The van der Waals surface area contributed by atoms with E-state index < -0.39 is 5.82 Å². The minimum Gasteiger partial charge on any atom is -0.451 e. The zero-order chi connectivity index (χ0) is 20.6. The fourth-order valence-electron chi connectivity index (χ4n) is 4.92. The zero-order valence-corrected chi connectivity index (χ0v) is 16.7. The first kappa shape index (κ1) is 19.4. The molecule has 1 aromatic carbocycles. The van der Waals surface area contributed by atoms with E-state index in [4.69, 9.17) is 9.47 Å². The summed E-state index contributed by atoms with van der Waals surface area (Å²) in [5.74, 6) is 0.991. The van der Waals surface area contributed by atoms with Gasteiger partial charge >= 0.3 is 0 Å². The monoisotopic (exact) mass is 412 g/mol. The van der Waals surface area contributed by atoms with Crippen LogP contribution in [0.15, 0.2) is 30.7 Å². The molecule has 0 radical (unpaired) electrons. The first-order valence-electron chi connectivity index (χ1n) is 10.5. The Hall–Kier alpha value is -2.58. The third kappa shape index (κ3) is 3.77. The fourth-order valence-corrected chi connectivity index (χ4v) is 4.92. The van der Waals surface area contributed by atoms with Crippen LogP contribution in [0.2, 0.25) is 0 Å². The summed E-state index contributed by atoms with van der Waals surface area (Å²) in [5, 5.41) is 3.78. The summed E-state index contributed by atoms with van der Waals surface area (Å²) in [6, 6.07) is 5.05. The molecule has 1 saturated carbocycles. The minimum atomic E-state index is -0.479. The van der Waals surface area contributed by atoms with Gasteiger partial charge in [-0.2, -0.15) is 0 Å². The molecule has 0 unspecified atom stereocenters. The first-order valence-corrected chi connectivity index (χ1v) is 10.5. The van der Waals surface area contributed by atoms with Crippen molar-refractivity contribution >= 4 is 12.1 Å². The van der Waals surface area contributed by atoms with Crippen molar-refractivity contribution in [1.29, 1.82) is 0 Å². The first-order chi connectivity index (χ1) is 14.6. The maximum absolute atomic E-state index is 13.4. The summed E-state index contributed by atoms with van der Waals surface area (Å²) in [6.07, 6.45) is 8.22. The molecule has 7 nitrogen and oxygen atoms in total. The van der Waals surface area contributed by atoms with Gasteiger partial charge in [-0.15, -0.1) is 0 Å². The molecule has 1 aromatic heterocycles. The van der Waals surface area contributed by atoms with Crippen molar-refractivity contribution in [3.05, 3.63) is 42.1 Å². The van der Waals surface area contributed by atoms with Crippen LogP contribution in [0.3, 0.4) is 0 Å². The number of nitrogens with zero attached hydrogens (tertiary/aromatic N) is 3. The Kier molecular flexibility index (Phi) is 5.12. The number of carbonyl (C=O) groups excluding carboxylic acids is 1. The lowest BCUT2D eigenvalue weighted by Gasteiger charge is -2.60. The highest BCUT2D eigenvalue weighted by atomic mass is 19.1. The molecule has 3 heterocycles. The molecule has 5 rings (SSSR count). The van der Waals surface area contributed by atoms with Crippen molar-refractivity contribution in [2.75, 3.05) is 31.2 Å². The Morgan fingerprint density at radius 1 is 1.20 bits per heavy atom. The maximum Gasteiger partial charge on any atom is 0.188 e. The molecule has 3 fully saturated rings. The van der Waals surface area contributed by atoms with Crippen molar-refractivity contribution in [1.82, 2.24) is 15.3 Å². The number of ether oxygens (including phenoxy) is 2. The van der Waals surface area contributed by atoms with Gasteiger partial charge in [0, 0.05) is 43.8 Å². The predicted molar refractivity (Wildman–Crippen MR) is 109 cm³/mol. The number of aldehydes is 1. The molecule has 8 heteroatoms. The van der Waals surface area contributed by atoms with Gasteiger partial charge in [-0.3, -0.25) is 4.79 Å². The topological polar surface area (TPSA) is 76.6 Å². The molecule has 0 atom stereocenters. The molecule has 2 saturated heterocycles. The number of halogens is 1. The smallest absolute Gasteiger partial charge is 0.188 e. The van der Waals surface area contributed by atoms with E-state index in [1.807, 2.05) is 0 Å². The number of hydrogen-bond donors (Lipinski definition) is 1. The average molecular weight is 412 g/mol. The molecule has 3 aliphatic rings. The third-order valence-corrected chi connectivity index (χ3v) is 6.38. The largest absolute Gasteiger partial charge is 0.451 e. The van der Waals surface area contributed by atoms with Gasteiger partial charge in [-0.1, -0.05) is 0 Å². The minimum absolute atomic E-state index is 0.158. The van der Waals surface area contributed by atoms with Crippen LogP contribution < -0.4 is 15.0 Å². The normalized spacial score (nSPS) is 21.2. The van der Waals surface area contributed by atoms with Crippen LogP contribution in [0, 0.1) is 11.2 Å². The third-order valence-electron chi connectivity index (χ3n) is 6.38. The van der Waals surface area contributed by atoms with Gasteiger partial charge < -0.3 is 19.7 Å². The van der Waals surface area contributed by atoms with E-state index in [1.54, 1.807) is 6.20 Å². The van der Waals surface area contributed by atoms with Crippen molar-refractivity contribution < 1.29 is 18.7 Å². The fraction of sp³-hybridized carbons (Fsp3) is 0.500. The van der Waals surface area contributed by atoms with Crippen LogP contribution in [-0.4, -0.2) is 54.6 Å². The van der Waals surface area contributed by atoms with E-state index >= 15 is 0 Å². The summed E-state index contributed by atoms with van der Waals surface area (Å²) >= 11 is 0. The Labute approximate surface area is 174 Å². The SMILES string of the molecule is O=Cc1cc(F)ccc1Oc1cncnc1N1CC2(CC(NC3CCOCC3)C2)C1. The van der Waals surface area contributed by atoms with Crippen LogP contribution in [-0.2, 0) is 4.74 Å². The van der Waals surface area contributed by atoms with Crippen LogP contribution in [0.25, 0.3) is 0 Å². The summed E-state index contributed by atoms with van der Waals surface area (Å²) in [7, 11) is 0. The standard InChI is InChI=1S/C22H25FN4O3/c23-16-1-2-19(15(7-16)11-28)30-20-10-24-14-25-21(20)27-12-22(13-27)8-18(9-22)26-17-3-5-29-6-4-17/h1-2,7,10-11,14,17-18,26H,3-6,8-9,12-13H2. The Morgan fingerprint density at radius 2 is 2.00 bits per heavy atom. The van der Waals surface area contributed by atoms with Gasteiger partial charge in [0.25, 0.3) is 0 Å². The molecule has 2 aliphatic heterocycles. The van der Waals surface area contributed by atoms with Gasteiger partial charge in [-0.05, 0) is 43.9 Å². The number of rotatable bonds is 6. The molecular weight excluding hydrogens is 387 g/mol. The van der Waals surface area contributed by atoms with Crippen LogP contribution in [0.5, 0.6) is 11.5 Å². The molecule has 1 N–H and O–H groups in total. The second-order valence-electron chi connectivity index (χ2n) is 8.63. The van der Waals surface area contributed by atoms with E-state index in [1.165, 1.54) is 31.3 Å². The molecule has 30 heavy (non-hydrogen) atoms. The number of hydrogen-bond acceptors (Lipinski definition) is 7. The van der Waals surface area contributed by atoms with Crippen LogP contribution in [0.4, 0.5) is 10.2 Å². The summed E-state index contributed by atoms with van der Waals surface area (Å²) in [6.45, 7) is 3.58. The number of aromatic nitrogens is 2. The number of benzene rings is 1. The summed E-state index contributed by atoms with van der Waals surface area (Å²) in [5.41, 5.74) is 0.500. The number of anilines is 1. The van der Waals surface area contributed by atoms with Crippen LogP contribution >= 0.6 is 0 Å². The highest BCUT2D eigenvalue weighted by Gasteiger charge is 2.53. The maximum atomic E-state index is 13.4. The molecule has 1 aliphatic carbocycles. The highest BCUT2D eigenvalue weighted by molar-refractivity contribution is 5.79. The molecule has 0 bridgehead atoms. The van der Waals surface area contributed by atoms with Gasteiger partial charge in [0.15, 0.2) is 17.9 Å². The van der Waals surface area contributed by atoms with E-state index in [9.17, 15) is 9.18 Å². The van der Waals surface area contributed by atoms with E-state index in [-0.39, 0.29) is 5.56 Å². The quantitative estimate of drug-likeness (QED) is 0.731. The van der Waals surface area contributed by atoms with Gasteiger partial charge in [0.05, 0.1) is 11.8 Å². The van der Waals surface area contributed by atoms with Gasteiger partial charge in [0.2, 0.25) is 0 Å². The van der Waals surface area contributed by atoms with Crippen molar-refractivity contribution in [2.45, 2.75) is 37.8 Å². The second-order valence-corrected chi connectivity index (χ2v) is 8.63. The predicted octanol–water partition coefficient (Wildman–Crippen LogP) is 2.96. The zero-order valence-electron chi connectivity index (χ0n) is 16.7. The van der Waals surface area contributed by atoms with Gasteiger partial charge in [0.1, 0.15) is 17.9 Å². The summed E-state index contributed by atoms with van der Waals surface area (Å²) in [4.78, 5) is 21.9. The van der Waals surface area contributed by atoms with Gasteiger partial charge in [-0.25, -0.2) is 14.4 Å². The second kappa shape index (κ2) is 7.92. The van der Waals surface area contributed by atoms with E-state index in [2.05, 4.69) is 20.2 Å². The molecule has 0 amide bonds. The highest BCUT2D eigenvalue weighted by Crippen LogP contribution is 2.51. The number of carbonyl (C=O) groups is 1. The van der Waals surface area contributed by atoms with Crippen molar-refractivity contribution in [2.24, 2.45) is 5.41 Å². The van der Waals surface area contributed by atoms with Crippen molar-refractivity contribution in [3.8, 4) is 11.5 Å². The molecule has 1 spiro atoms. The molecular formula is C22H25FN4O3. The lowest BCUT2D eigenvalue weighted by atomic mass is 9.60. The van der Waals surface area contributed by atoms with Crippen molar-refractivity contribution in [3.63, 3.8) is 0 Å². The Morgan fingerprint density at radius 3 is 2.77 bits per heavy atom. The average Bonchev–Trinajstić information content (AvgIpc) is 2.71. The lowest BCUT2D eigenvalue weighted by molar-refractivity contribution is 0.0230. The Bertz CT molecular complexity index is 920. The number of nitrogens with one attached hydrogen (secondary N) is 1. The molecule has 158 valence electrons. The van der Waals surface area contributed by atoms with E-state index in [0.717, 1.165) is 45.2 Å². The Balaban J connectivity index is 1.21. The summed E-state index contributed by atoms with van der Waals surface area (Å²) < 4.78 is 24.7. The van der Waals surface area contributed by atoms with Crippen LogP contribution in [0.1, 0.15) is 36.0 Å². The van der Waals surface area contributed by atoms with E-state index in [0.29, 0.717) is 41.1 Å².